The topological polar surface area (TPSA) is 79.8 Å². The van der Waals surface area contributed by atoms with Crippen LogP contribution in [0.4, 0.5) is 0 Å². The molecule has 7 heteroatoms. The first-order valence-corrected chi connectivity index (χ1v) is 11.0. The highest BCUT2D eigenvalue weighted by Gasteiger charge is 2.16. The molecule has 1 amide bonds. The second kappa shape index (κ2) is 9.14. The van der Waals surface area contributed by atoms with Crippen LogP contribution in [-0.2, 0) is 17.8 Å². The van der Waals surface area contributed by atoms with Crippen molar-refractivity contribution in [1.82, 2.24) is 20.1 Å². The number of benzene rings is 2. The predicted octanol–water partition coefficient (Wildman–Crippen LogP) is 4.15. The van der Waals surface area contributed by atoms with Crippen LogP contribution in [0.15, 0.2) is 64.8 Å². The van der Waals surface area contributed by atoms with E-state index in [9.17, 15) is 9.59 Å². The summed E-state index contributed by atoms with van der Waals surface area (Å²) in [4.78, 5) is 29.8. The third kappa shape index (κ3) is 4.83. The van der Waals surface area contributed by atoms with Crippen molar-refractivity contribution in [1.29, 1.82) is 0 Å². The number of amides is 1. The quantitative estimate of drug-likeness (QED) is 0.460. The van der Waals surface area contributed by atoms with E-state index in [0.29, 0.717) is 23.7 Å². The maximum Gasteiger partial charge on any atom is 0.276 e. The number of rotatable bonds is 7. The van der Waals surface area contributed by atoms with Crippen LogP contribution in [0.25, 0.3) is 16.4 Å². The molecular weight excluding hydrogens is 408 g/mol. The van der Waals surface area contributed by atoms with Gasteiger partial charge in [-0.2, -0.15) is 4.68 Å². The Morgan fingerprint density at radius 1 is 1.10 bits per heavy atom. The van der Waals surface area contributed by atoms with Gasteiger partial charge in [-0.1, -0.05) is 60.2 Å². The van der Waals surface area contributed by atoms with Crippen LogP contribution in [0, 0.1) is 13.8 Å². The molecule has 0 saturated carbocycles. The van der Waals surface area contributed by atoms with Gasteiger partial charge in [0.05, 0.1) is 5.69 Å². The zero-order chi connectivity index (χ0) is 21.8. The lowest BCUT2D eigenvalue weighted by atomic mass is 10.1. The van der Waals surface area contributed by atoms with E-state index in [2.05, 4.69) is 15.4 Å². The van der Waals surface area contributed by atoms with E-state index in [4.69, 9.17) is 0 Å². The predicted molar refractivity (Wildman–Crippen MR) is 124 cm³/mol. The molecule has 0 unspecified atom stereocenters. The minimum Gasteiger partial charge on any atom is -0.352 e. The Labute approximate surface area is 184 Å². The van der Waals surface area contributed by atoms with Gasteiger partial charge < -0.3 is 5.32 Å². The first-order chi connectivity index (χ1) is 15.0. The van der Waals surface area contributed by atoms with E-state index in [1.807, 2.05) is 73.8 Å². The van der Waals surface area contributed by atoms with Gasteiger partial charge in [0.1, 0.15) is 0 Å². The summed E-state index contributed by atoms with van der Waals surface area (Å²) in [5.74, 6) is -0.0775. The molecule has 0 spiro atoms. The normalized spacial score (nSPS) is 10.9. The standard InChI is InChI=1S/C24H24N4O2S/c1-16-8-10-19(11-9-16)21-15-31-24(26-21)28-23(30)20(17(2)27-28)12-13-22(29)25-14-18-6-4-3-5-7-18/h3-11,15,27H,12-14H2,1-2H3,(H,25,29). The van der Waals surface area contributed by atoms with Crippen LogP contribution in [-0.4, -0.2) is 20.7 Å². The number of nitrogens with zero attached hydrogens (tertiary/aromatic N) is 2. The van der Waals surface area contributed by atoms with Gasteiger partial charge in [-0.15, -0.1) is 11.3 Å². The second-order valence-electron chi connectivity index (χ2n) is 7.50. The van der Waals surface area contributed by atoms with E-state index >= 15 is 0 Å². The lowest BCUT2D eigenvalue weighted by Gasteiger charge is -2.04. The lowest BCUT2D eigenvalue weighted by Crippen LogP contribution is -2.24. The lowest BCUT2D eigenvalue weighted by molar-refractivity contribution is -0.121. The highest BCUT2D eigenvalue weighted by atomic mass is 32.1. The number of H-pyrrole nitrogens is 1. The number of carbonyl (C=O) groups excluding carboxylic acids is 1. The van der Waals surface area contributed by atoms with E-state index < -0.39 is 0 Å². The number of nitrogens with one attached hydrogen (secondary N) is 2. The van der Waals surface area contributed by atoms with Crippen molar-refractivity contribution in [2.24, 2.45) is 0 Å². The zero-order valence-electron chi connectivity index (χ0n) is 17.5. The van der Waals surface area contributed by atoms with Gasteiger partial charge in [0.2, 0.25) is 11.0 Å². The molecule has 0 aliphatic carbocycles. The maximum atomic E-state index is 12.9. The number of hydrogen-bond donors (Lipinski definition) is 2. The van der Waals surface area contributed by atoms with Gasteiger partial charge in [-0.25, -0.2) is 4.98 Å². The Balaban J connectivity index is 1.43. The van der Waals surface area contributed by atoms with Gasteiger partial charge >= 0.3 is 0 Å². The first-order valence-electron chi connectivity index (χ1n) is 10.2. The second-order valence-corrected chi connectivity index (χ2v) is 8.34. The Morgan fingerprint density at radius 2 is 1.84 bits per heavy atom. The van der Waals surface area contributed by atoms with Crippen molar-refractivity contribution in [3.05, 3.63) is 92.7 Å². The summed E-state index contributed by atoms with van der Waals surface area (Å²) >= 11 is 1.41. The third-order valence-electron chi connectivity index (χ3n) is 5.16. The Bertz CT molecular complexity index is 1240. The molecule has 2 N–H and O–H groups in total. The molecule has 6 nitrogen and oxygen atoms in total. The van der Waals surface area contributed by atoms with Crippen LogP contribution in [0.3, 0.4) is 0 Å². The number of thiazole rings is 1. The highest BCUT2D eigenvalue weighted by molar-refractivity contribution is 7.12. The summed E-state index contributed by atoms with van der Waals surface area (Å²) in [6, 6.07) is 17.9. The largest absolute Gasteiger partial charge is 0.352 e. The minimum atomic E-state index is -0.154. The number of aromatic nitrogens is 3. The molecule has 0 aliphatic rings. The average Bonchev–Trinajstić information content (AvgIpc) is 3.37. The van der Waals surface area contributed by atoms with E-state index in [0.717, 1.165) is 22.5 Å². The van der Waals surface area contributed by atoms with Crippen LogP contribution in [0.1, 0.15) is 28.8 Å². The summed E-state index contributed by atoms with van der Waals surface area (Å²) in [6.07, 6.45) is 0.637. The minimum absolute atomic E-state index is 0.0775. The number of aromatic amines is 1. The first kappa shape index (κ1) is 20.8. The van der Waals surface area contributed by atoms with Gasteiger partial charge in [-0.3, -0.25) is 14.7 Å². The Morgan fingerprint density at radius 3 is 2.58 bits per heavy atom. The highest BCUT2D eigenvalue weighted by Crippen LogP contribution is 2.24. The molecule has 0 atom stereocenters. The van der Waals surface area contributed by atoms with Gasteiger partial charge in [-0.05, 0) is 25.8 Å². The van der Waals surface area contributed by atoms with Crippen molar-refractivity contribution >= 4 is 17.2 Å². The van der Waals surface area contributed by atoms with E-state index in [-0.39, 0.29) is 17.9 Å². The van der Waals surface area contributed by atoms with Crippen LogP contribution >= 0.6 is 11.3 Å². The maximum absolute atomic E-state index is 12.9. The molecule has 0 bridgehead atoms. The van der Waals surface area contributed by atoms with Gasteiger partial charge in [0.15, 0.2) is 0 Å². The number of hydrogen-bond acceptors (Lipinski definition) is 4. The molecule has 31 heavy (non-hydrogen) atoms. The molecule has 2 heterocycles. The van der Waals surface area contributed by atoms with E-state index in [1.165, 1.54) is 21.6 Å². The molecule has 0 fully saturated rings. The van der Waals surface area contributed by atoms with Crippen molar-refractivity contribution in [2.75, 3.05) is 0 Å². The van der Waals surface area contributed by atoms with Crippen molar-refractivity contribution < 1.29 is 4.79 Å². The third-order valence-corrected chi connectivity index (χ3v) is 5.98. The Kier molecular flexibility index (Phi) is 6.13. The monoisotopic (exact) mass is 432 g/mol. The molecule has 2 aromatic heterocycles. The smallest absolute Gasteiger partial charge is 0.276 e. The summed E-state index contributed by atoms with van der Waals surface area (Å²) in [5.41, 5.74) is 5.30. The van der Waals surface area contributed by atoms with Crippen LogP contribution in [0.5, 0.6) is 0 Å². The number of carbonyl (C=O) groups is 1. The molecule has 0 aliphatic heterocycles. The fourth-order valence-corrected chi connectivity index (χ4v) is 4.15. The molecule has 0 radical (unpaired) electrons. The molecule has 158 valence electrons. The SMILES string of the molecule is Cc1ccc(-c2csc(-n3[nH]c(C)c(CCC(=O)NCc4ccccc4)c3=O)n2)cc1. The number of aryl methyl sites for hydroxylation is 2. The molecule has 0 saturated heterocycles. The van der Waals surface area contributed by atoms with Crippen LogP contribution in [0.2, 0.25) is 0 Å². The summed E-state index contributed by atoms with van der Waals surface area (Å²) in [5, 5.41) is 8.54. The molecule has 4 rings (SSSR count). The zero-order valence-corrected chi connectivity index (χ0v) is 18.3. The summed E-state index contributed by atoms with van der Waals surface area (Å²) in [6.45, 7) is 4.38. The average molecular weight is 433 g/mol. The summed E-state index contributed by atoms with van der Waals surface area (Å²) in [7, 11) is 0. The molecule has 4 aromatic rings. The molecule has 2 aromatic carbocycles. The summed E-state index contributed by atoms with van der Waals surface area (Å²) < 4.78 is 1.47. The van der Waals surface area contributed by atoms with Gasteiger partial charge in [0, 0.05) is 35.2 Å². The molecular formula is C24H24N4O2S. The fourth-order valence-electron chi connectivity index (χ4n) is 3.36. The van der Waals surface area contributed by atoms with Crippen molar-refractivity contribution in [3.8, 4) is 16.4 Å². The fraction of sp³-hybridized carbons (Fsp3) is 0.208. The van der Waals surface area contributed by atoms with Crippen LogP contribution < -0.4 is 10.9 Å². The van der Waals surface area contributed by atoms with E-state index in [1.54, 1.807) is 0 Å². The Hall–Kier alpha value is -3.45. The van der Waals surface area contributed by atoms with Crippen molar-refractivity contribution in [2.45, 2.75) is 33.2 Å². The van der Waals surface area contributed by atoms with Crippen molar-refractivity contribution in [3.63, 3.8) is 0 Å². The van der Waals surface area contributed by atoms with Gasteiger partial charge in [0.25, 0.3) is 5.56 Å².